The summed E-state index contributed by atoms with van der Waals surface area (Å²) in [4.78, 5) is 26.6. The predicted molar refractivity (Wildman–Crippen MR) is 146 cm³/mol. The number of benzene rings is 1. The molecule has 9 heteroatoms. The summed E-state index contributed by atoms with van der Waals surface area (Å²) in [5.41, 5.74) is 9.55. The van der Waals surface area contributed by atoms with Crippen molar-refractivity contribution in [2.75, 3.05) is 17.2 Å². The van der Waals surface area contributed by atoms with E-state index in [1.54, 1.807) is 0 Å². The van der Waals surface area contributed by atoms with Gasteiger partial charge in [-0.3, -0.25) is 4.79 Å². The van der Waals surface area contributed by atoms with Crippen molar-refractivity contribution in [3.8, 4) is 0 Å². The second-order valence-corrected chi connectivity index (χ2v) is 10.5. The zero-order valence-electron chi connectivity index (χ0n) is 21.8. The van der Waals surface area contributed by atoms with E-state index in [0.29, 0.717) is 36.5 Å². The highest BCUT2D eigenvalue weighted by Crippen LogP contribution is 2.34. The molecule has 0 spiro atoms. The first kappa shape index (κ1) is 25.4. The third kappa shape index (κ3) is 6.39. The Morgan fingerprint density at radius 3 is 2.57 bits per heavy atom. The smallest absolute Gasteiger partial charge is 0.310 e. The second kappa shape index (κ2) is 11.9. The molecule has 3 aromatic rings. The molecule has 0 aliphatic heterocycles. The number of nitrogens with one attached hydrogen (secondary N) is 2. The molecule has 5 rings (SSSR count). The highest BCUT2D eigenvalue weighted by Gasteiger charge is 2.24. The quantitative estimate of drug-likeness (QED) is 0.252. The number of ether oxygens (including phenoxy) is 1. The van der Waals surface area contributed by atoms with Crippen molar-refractivity contribution in [2.24, 2.45) is 5.73 Å². The molecule has 0 radical (unpaired) electrons. The number of aromatic nitrogens is 4. The van der Waals surface area contributed by atoms with Gasteiger partial charge in [0.05, 0.1) is 19.4 Å². The van der Waals surface area contributed by atoms with Gasteiger partial charge in [-0.15, -0.1) is 0 Å². The zero-order valence-corrected chi connectivity index (χ0v) is 21.8. The number of carbonyl (C=O) groups is 1. The standard InChI is InChI=1S/C28H39N7O2/c1-2-3-16-37-24(36)17-19-8-12-21(13-9-19)31-26-25-27(35(18-30-25)23-6-4-5-7-23)34-28(33-26)32-22-14-10-20(29)11-15-22/h8-9,12-13,18,20,22-23H,2-7,10-11,14-17,29H2,1H3,(H2,31,32,33,34)/t20-,22-. The molecule has 9 nitrogen and oxygen atoms in total. The minimum atomic E-state index is -0.191. The minimum absolute atomic E-state index is 0.191. The number of fused-ring (bicyclic) bond motifs is 1. The molecule has 2 aliphatic carbocycles. The number of hydrogen-bond acceptors (Lipinski definition) is 8. The highest BCUT2D eigenvalue weighted by atomic mass is 16.5. The van der Waals surface area contributed by atoms with E-state index in [4.69, 9.17) is 25.4 Å². The molecule has 2 aliphatic rings. The van der Waals surface area contributed by atoms with Crippen LogP contribution in [-0.4, -0.2) is 44.2 Å². The molecule has 37 heavy (non-hydrogen) atoms. The Bertz CT molecular complexity index is 1180. The van der Waals surface area contributed by atoms with Crippen LogP contribution >= 0.6 is 0 Å². The lowest BCUT2D eigenvalue weighted by atomic mass is 9.92. The molecule has 2 aromatic heterocycles. The summed E-state index contributed by atoms with van der Waals surface area (Å²) in [5, 5.41) is 7.02. The first-order valence-corrected chi connectivity index (χ1v) is 13.9. The number of rotatable bonds is 10. The normalized spacial score (nSPS) is 20.3. The first-order chi connectivity index (χ1) is 18.1. The largest absolute Gasteiger partial charge is 0.465 e. The number of unbranched alkanes of at least 4 members (excludes halogenated alkanes) is 1. The number of carbonyl (C=O) groups excluding carboxylic acids is 1. The van der Waals surface area contributed by atoms with Crippen LogP contribution in [0.4, 0.5) is 17.5 Å². The molecular weight excluding hydrogens is 466 g/mol. The van der Waals surface area contributed by atoms with Gasteiger partial charge >= 0.3 is 5.97 Å². The van der Waals surface area contributed by atoms with Crippen LogP contribution in [0.2, 0.25) is 0 Å². The average molecular weight is 506 g/mol. The van der Waals surface area contributed by atoms with Crippen molar-refractivity contribution in [2.45, 2.75) is 95.7 Å². The molecule has 0 saturated heterocycles. The molecule has 0 atom stereocenters. The Morgan fingerprint density at radius 1 is 1.08 bits per heavy atom. The van der Waals surface area contributed by atoms with Gasteiger partial charge in [0.25, 0.3) is 0 Å². The van der Waals surface area contributed by atoms with Gasteiger partial charge in [-0.25, -0.2) is 4.98 Å². The van der Waals surface area contributed by atoms with Gasteiger partial charge in [0, 0.05) is 23.8 Å². The Hall–Kier alpha value is -3.20. The third-order valence-corrected chi connectivity index (χ3v) is 7.57. The lowest BCUT2D eigenvalue weighted by Crippen LogP contribution is -2.33. The number of nitrogens with two attached hydrogens (primary N) is 1. The van der Waals surface area contributed by atoms with Crippen LogP contribution < -0.4 is 16.4 Å². The van der Waals surface area contributed by atoms with Crippen molar-refractivity contribution in [3.63, 3.8) is 0 Å². The van der Waals surface area contributed by atoms with Crippen LogP contribution in [-0.2, 0) is 16.0 Å². The van der Waals surface area contributed by atoms with Gasteiger partial charge in [0.1, 0.15) is 0 Å². The number of esters is 1. The van der Waals surface area contributed by atoms with Gasteiger partial charge < -0.3 is 25.7 Å². The molecule has 2 heterocycles. The highest BCUT2D eigenvalue weighted by molar-refractivity contribution is 5.86. The Balaban J connectivity index is 1.35. The van der Waals surface area contributed by atoms with E-state index in [9.17, 15) is 4.79 Å². The fourth-order valence-electron chi connectivity index (χ4n) is 5.35. The van der Waals surface area contributed by atoms with Crippen LogP contribution in [0.25, 0.3) is 11.2 Å². The molecule has 0 unspecified atom stereocenters. The van der Waals surface area contributed by atoms with Gasteiger partial charge in [-0.1, -0.05) is 38.3 Å². The van der Waals surface area contributed by atoms with E-state index in [1.807, 2.05) is 30.6 Å². The summed E-state index contributed by atoms with van der Waals surface area (Å²) in [7, 11) is 0. The van der Waals surface area contributed by atoms with E-state index >= 15 is 0 Å². The van der Waals surface area contributed by atoms with Crippen LogP contribution in [0.3, 0.4) is 0 Å². The fraction of sp³-hybridized carbons (Fsp3) is 0.571. The summed E-state index contributed by atoms with van der Waals surface area (Å²) < 4.78 is 7.52. The monoisotopic (exact) mass is 505 g/mol. The maximum absolute atomic E-state index is 12.1. The molecular formula is C28H39N7O2. The van der Waals surface area contributed by atoms with Crippen molar-refractivity contribution >= 4 is 34.6 Å². The van der Waals surface area contributed by atoms with Crippen molar-refractivity contribution in [3.05, 3.63) is 36.2 Å². The van der Waals surface area contributed by atoms with Crippen LogP contribution in [0.15, 0.2) is 30.6 Å². The lowest BCUT2D eigenvalue weighted by Gasteiger charge is -2.27. The van der Waals surface area contributed by atoms with Crippen molar-refractivity contribution in [1.29, 1.82) is 0 Å². The third-order valence-electron chi connectivity index (χ3n) is 7.57. The Morgan fingerprint density at radius 2 is 1.84 bits per heavy atom. The number of nitrogens with zero attached hydrogens (tertiary/aromatic N) is 4. The van der Waals surface area contributed by atoms with E-state index in [1.165, 1.54) is 12.8 Å². The molecule has 1 aromatic carbocycles. The molecule has 198 valence electrons. The molecule has 0 amide bonds. The first-order valence-electron chi connectivity index (χ1n) is 13.9. The topological polar surface area (TPSA) is 120 Å². The van der Waals surface area contributed by atoms with Gasteiger partial charge in [0.2, 0.25) is 5.95 Å². The van der Waals surface area contributed by atoms with Crippen LogP contribution in [0.1, 0.15) is 82.7 Å². The molecule has 0 bridgehead atoms. The molecule has 2 saturated carbocycles. The van der Waals surface area contributed by atoms with Crippen molar-refractivity contribution < 1.29 is 9.53 Å². The lowest BCUT2D eigenvalue weighted by molar-refractivity contribution is -0.142. The molecule has 4 N–H and O–H groups in total. The van der Waals surface area contributed by atoms with Crippen molar-refractivity contribution in [1.82, 2.24) is 19.5 Å². The minimum Gasteiger partial charge on any atom is -0.465 e. The van der Waals surface area contributed by atoms with Gasteiger partial charge in [-0.05, 0) is 62.6 Å². The summed E-state index contributed by atoms with van der Waals surface area (Å²) >= 11 is 0. The predicted octanol–water partition coefficient (Wildman–Crippen LogP) is 5.25. The van der Waals surface area contributed by atoms with Gasteiger partial charge in [0.15, 0.2) is 17.0 Å². The Kier molecular flexibility index (Phi) is 8.18. The summed E-state index contributed by atoms with van der Waals surface area (Å²) in [6, 6.07) is 8.88. The van der Waals surface area contributed by atoms with Crippen LogP contribution in [0.5, 0.6) is 0 Å². The maximum atomic E-state index is 12.1. The molecule has 2 fully saturated rings. The average Bonchev–Trinajstić information content (AvgIpc) is 3.57. The second-order valence-electron chi connectivity index (χ2n) is 10.5. The number of imidazole rings is 1. The SMILES string of the molecule is CCCCOC(=O)Cc1ccc(Nc2nc(N[C@H]3CC[C@H](N)CC3)nc3c2ncn3C2CCCC2)cc1. The van der Waals surface area contributed by atoms with E-state index < -0.39 is 0 Å². The number of hydrogen-bond donors (Lipinski definition) is 3. The zero-order chi connectivity index (χ0) is 25.6. The maximum Gasteiger partial charge on any atom is 0.310 e. The number of anilines is 3. The van der Waals surface area contributed by atoms with E-state index in [0.717, 1.165) is 73.8 Å². The fourth-order valence-corrected chi connectivity index (χ4v) is 5.35. The van der Waals surface area contributed by atoms with Gasteiger partial charge in [-0.2, -0.15) is 9.97 Å². The van der Waals surface area contributed by atoms with E-state index in [2.05, 4.69) is 22.1 Å². The summed E-state index contributed by atoms with van der Waals surface area (Å²) in [6.07, 6.45) is 13.0. The van der Waals surface area contributed by atoms with E-state index in [-0.39, 0.29) is 12.4 Å². The van der Waals surface area contributed by atoms with Crippen LogP contribution in [0, 0.1) is 0 Å². The Labute approximate surface area is 218 Å². The summed E-state index contributed by atoms with van der Waals surface area (Å²) in [6.45, 7) is 2.56. The summed E-state index contributed by atoms with van der Waals surface area (Å²) in [5.74, 6) is 1.12.